The van der Waals surface area contributed by atoms with E-state index in [9.17, 15) is 0 Å². The molecule has 0 aliphatic carbocycles. The van der Waals surface area contributed by atoms with Crippen LogP contribution < -0.4 is 5.32 Å². The Bertz CT molecular complexity index is 411. The molecule has 4 nitrogen and oxygen atoms in total. The van der Waals surface area contributed by atoms with Crippen LogP contribution in [0.15, 0.2) is 22.8 Å². The molecule has 0 radical (unpaired) electrons. The van der Waals surface area contributed by atoms with Crippen molar-refractivity contribution in [1.29, 1.82) is 0 Å². The molecule has 0 unspecified atom stereocenters. The van der Waals surface area contributed by atoms with E-state index in [-0.39, 0.29) is 0 Å². The minimum atomic E-state index is 0.797. The van der Waals surface area contributed by atoms with Crippen LogP contribution in [0.25, 0.3) is 10.8 Å². The summed E-state index contributed by atoms with van der Waals surface area (Å²) in [4.78, 5) is 0. The van der Waals surface area contributed by atoms with E-state index in [0.29, 0.717) is 0 Å². The van der Waals surface area contributed by atoms with Crippen molar-refractivity contribution in [3.8, 4) is 10.8 Å². The third-order valence-electron chi connectivity index (χ3n) is 2.14. The van der Waals surface area contributed by atoms with E-state index in [0.717, 1.165) is 41.7 Å². The van der Waals surface area contributed by atoms with Crippen LogP contribution in [0.4, 0.5) is 0 Å². The van der Waals surface area contributed by atoms with Crippen LogP contribution in [0.2, 0.25) is 0 Å². The quantitative estimate of drug-likeness (QED) is 0.783. The Hall–Kier alpha value is -1.20. The maximum atomic E-state index is 5.27. The van der Waals surface area contributed by atoms with Gasteiger partial charge in [-0.25, -0.2) is 0 Å². The van der Waals surface area contributed by atoms with Gasteiger partial charge in [-0.1, -0.05) is 18.3 Å². The number of aromatic nitrogens is 2. The molecular weight excluding hydrogens is 222 g/mol. The highest BCUT2D eigenvalue weighted by Gasteiger charge is 2.08. The van der Waals surface area contributed by atoms with Gasteiger partial charge in [-0.15, -0.1) is 10.2 Å². The molecule has 1 N–H and O–H groups in total. The van der Waals surface area contributed by atoms with Crippen molar-refractivity contribution in [2.24, 2.45) is 0 Å². The molecule has 0 fully saturated rings. The Balaban J connectivity index is 1.88. The molecular formula is C11H15N3OS. The highest BCUT2D eigenvalue weighted by molar-refractivity contribution is 7.14. The summed E-state index contributed by atoms with van der Waals surface area (Å²) >= 11 is 1.59. The van der Waals surface area contributed by atoms with Crippen LogP contribution in [0, 0.1) is 0 Å². The summed E-state index contributed by atoms with van der Waals surface area (Å²) in [6.45, 7) is 4.18. The van der Waals surface area contributed by atoms with E-state index in [1.165, 1.54) is 0 Å². The first-order valence-corrected chi connectivity index (χ1v) is 6.28. The van der Waals surface area contributed by atoms with Crippen LogP contribution in [-0.2, 0) is 6.42 Å². The number of nitrogens with zero attached hydrogens (tertiary/aromatic N) is 2. The van der Waals surface area contributed by atoms with E-state index >= 15 is 0 Å². The van der Waals surface area contributed by atoms with Crippen molar-refractivity contribution < 1.29 is 4.42 Å². The fraction of sp³-hybridized carbons (Fsp3) is 0.455. The minimum Gasteiger partial charge on any atom is -0.462 e. The van der Waals surface area contributed by atoms with Gasteiger partial charge in [-0.2, -0.15) is 0 Å². The predicted molar refractivity (Wildman–Crippen MR) is 64.5 cm³/mol. The van der Waals surface area contributed by atoms with E-state index < -0.39 is 0 Å². The van der Waals surface area contributed by atoms with Gasteiger partial charge in [-0.05, 0) is 25.1 Å². The molecule has 0 spiro atoms. The van der Waals surface area contributed by atoms with Crippen LogP contribution in [0.5, 0.6) is 0 Å². The van der Waals surface area contributed by atoms with Crippen molar-refractivity contribution in [1.82, 2.24) is 15.5 Å². The lowest BCUT2D eigenvalue weighted by molar-refractivity contribution is 0.581. The van der Waals surface area contributed by atoms with Gasteiger partial charge in [0.15, 0.2) is 10.8 Å². The Kier molecular flexibility index (Phi) is 4.07. The highest BCUT2D eigenvalue weighted by atomic mass is 32.1. The molecule has 5 heteroatoms. The number of rotatable bonds is 6. The summed E-state index contributed by atoms with van der Waals surface area (Å²) in [6.07, 6.45) is 3.74. The van der Waals surface area contributed by atoms with Crippen molar-refractivity contribution in [2.45, 2.75) is 19.8 Å². The summed E-state index contributed by atoms with van der Waals surface area (Å²) in [5, 5.41) is 13.5. The number of furan rings is 1. The maximum absolute atomic E-state index is 5.27. The zero-order chi connectivity index (χ0) is 11.2. The zero-order valence-electron chi connectivity index (χ0n) is 9.27. The molecule has 0 atom stereocenters. The maximum Gasteiger partial charge on any atom is 0.183 e. The fourth-order valence-corrected chi connectivity index (χ4v) is 2.16. The Morgan fingerprint density at radius 3 is 3.06 bits per heavy atom. The van der Waals surface area contributed by atoms with Gasteiger partial charge in [0.25, 0.3) is 0 Å². The molecule has 16 heavy (non-hydrogen) atoms. The lowest BCUT2D eigenvalue weighted by Gasteiger charge is -1.98. The standard InChI is InChI=1S/C11H15N3OS/c1-2-6-12-7-5-10-13-14-11(16-10)9-4-3-8-15-9/h3-4,8,12H,2,5-7H2,1H3. The van der Waals surface area contributed by atoms with Crippen LogP contribution in [0.3, 0.4) is 0 Å². The second-order valence-electron chi connectivity index (χ2n) is 3.48. The molecule has 0 aliphatic rings. The summed E-state index contributed by atoms with van der Waals surface area (Å²) in [5.41, 5.74) is 0. The van der Waals surface area contributed by atoms with E-state index in [1.54, 1.807) is 17.6 Å². The van der Waals surface area contributed by atoms with Crippen molar-refractivity contribution in [3.05, 3.63) is 23.4 Å². The third-order valence-corrected chi connectivity index (χ3v) is 3.14. The highest BCUT2D eigenvalue weighted by Crippen LogP contribution is 2.23. The van der Waals surface area contributed by atoms with E-state index in [1.807, 2.05) is 12.1 Å². The summed E-state index contributed by atoms with van der Waals surface area (Å²) in [7, 11) is 0. The Morgan fingerprint density at radius 1 is 1.38 bits per heavy atom. The van der Waals surface area contributed by atoms with Gasteiger partial charge in [0, 0.05) is 13.0 Å². The predicted octanol–water partition coefficient (Wildman–Crippen LogP) is 2.34. The Morgan fingerprint density at radius 2 is 2.31 bits per heavy atom. The van der Waals surface area contributed by atoms with Gasteiger partial charge in [-0.3, -0.25) is 0 Å². The van der Waals surface area contributed by atoms with Crippen LogP contribution in [-0.4, -0.2) is 23.3 Å². The molecule has 0 saturated heterocycles. The number of hydrogen-bond acceptors (Lipinski definition) is 5. The van der Waals surface area contributed by atoms with Crippen molar-refractivity contribution in [2.75, 3.05) is 13.1 Å². The summed E-state index contributed by atoms with van der Waals surface area (Å²) in [6, 6.07) is 3.76. The van der Waals surface area contributed by atoms with Gasteiger partial charge in [0.05, 0.1) is 6.26 Å². The van der Waals surface area contributed by atoms with Gasteiger partial charge in [0.2, 0.25) is 0 Å². The first-order chi connectivity index (χ1) is 7.90. The molecule has 0 amide bonds. The van der Waals surface area contributed by atoms with Crippen LogP contribution in [0.1, 0.15) is 18.4 Å². The largest absolute Gasteiger partial charge is 0.462 e. The first-order valence-electron chi connectivity index (χ1n) is 5.47. The van der Waals surface area contributed by atoms with E-state index in [4.69, 9.17) is 4.42 Å². The van der Waals surface area contributed by atoms with Crippen molar-refractivity contribution >= 4 is 11.3 Å². The summed E-state index contributed by atoms with van der Waals surface area (Å²) in [5.74, 6) is 0.797. The minimum absolute atomic E-state index is 0.797. The second kappa shape index (κ2) is 5.77. The summed E-state index contributed by atoms with van der Waals surface area (Å²) < 4.78 is 5.27. The first kappa shape index (κ1) is 11.3. The average Bonchev–Trinajstić information content (AvgIpc) is 2.94. The molecule has 86 valence electrons. The molecule has 2 aromatic heterocycles. The second-order valence-corrected chi connectivity index (χ2v) is 4.54. The molecule has 2 rings (SSSR count). The molecule has 0 bridgehead atoms. The molecule has 0 aromatic carbocycles. The Labute approximate surface area is 98.7 Å². The van der Waals surface area contributed by atoms with Gasteiger partial charge < -0.3 is 9.73 Å². The lowest BCUT2D eigenvalue weighted by Crippen LogP contribution is -2.17. The SMILES string of the molecule is CCCNCCc1nnc(-c2ccco2)s1. The fourth-order valence-electron chi connectivity index (χ4n) is 1.35. The molecule has 0 saturated carbocycles. The smallest absolute Gasteiger partial charge is 0.183 e. The van der Waals surface area contributed by atoms with Gasteiger partial charge in [0.1, 0.15) is 5.01 Å². The molecule has 2 heterocycles. The molecule has 2 aromatic rings. The number of hydrogen-bond donors (Lipinski definition) is 1. The topological polar surface area (TPSA) is 51.0 Å². The van der Waals surface area contributed by atoms with Crippen molar-refractivity contribution in [3.63, 3.8) is 0 Å². The molecule has 0 aliphatic heterocycles. The normalized spacial score (nSPS) is 10.8. The van der Waals surface area contributed by atoms with Gasteiger partial charge >= 0.3 is 0 Å². The monoisotopic (exact) mass is 237 g/mol. The van der Waals surface area contributed by atoms with E-state index in [2.05, 4.69) is 22.4 Å². The zero-order valence-corrected chi connectivity index (χ0v) is 10.1. The number of nitrogens with one attached hydrogen (secondary N) is 1. The third kappa shape index (κ3) is 2.90. The average molecular weight is 237 g/mol. The van der Waals surface area contributed by atoms with Crippen LogP contribution >= 0.6 is 11.3 Å². The lowest BCUT2D eigenvalue weighted by atomic mass is 10.4.